The number of methoxy groups -OCH3 is 1. The summed E-state index contributed by atoms with van der Waals surface area (Å²) in [7, 11) is 1.26. The number of carbonyl (C=O) groups is 4. The third-order valence-electron chi connectivity index (χ3n) is 4.85. The zero-order valence-corrected chi connectivity index (χ0v) is 17.2. The molecule has 3 rings (SSSR count). The molecule has 1 heterocycles. The zero-order chi connectivity index (χ0) is 21.8. The van der Waals surface area contributed by atoms with Crippen molar-refractivity contribution in [1.29, 1.82) is 0 Å². The standard InChI is InChI=1S/C23H24N2O5/c1-14(2)13-25-21(27)17-10-9-16(12-18(17)22(25)28)20(26)24-19(23(29)30-3)11-15-7-5-4-6-8-15/h4-10,12,14,19H,11,13H2,1-3H3,(H,24,26)/t19-/m0/s1. The molecule has 1 aliphatic heterocycles. The summed E-state index contributed by atoms with van der Waals surface area (Å²) < 4.78 is 4.82. The molecule has 0 radical (unpaired) electrons. The molecular weight excluding hydrogens is 384 g/mol. The average Bonchev–Trinajstić information content (AvgIpc) is 2.97. The first-order valence-electron chi connectivity index (χ1n) is 9.74. The fourth-order valence-electron chi connectivity index (χ4n) is 3.39. The molecule has 7 nitrogen and oxygen atoms in total. The molecule has 1 aliphatic rings. The highest BCUT2D eigenvalue weighted by Crippen LogP contribution is 2.25. The van der Waals surface area contributed by atoms with Crippen molar-refractivity contribution >= 4 is 23.7 Å². The maximum atomic E-state index is 12.8. The number of hydrogen-bond acceptors (Lipinski definition) is 5. The van der Waals surface area contributed by atoms with Gasteiger partial charge in [-0.05, 0) is 29.7 Å². The quantitative estimate of drug-likeness (QED) is 0.561. The van der Waals surface area contributed by atoms with E-state index in [0.717, 1.165) is 5.56 Å². The predicted molar refractivity (Wildman–Crippen MR) is 110 cm³/mol. The fraction of sp³-hybridized carbons (Fsp3) is 0.304. The van der Waals surface area contributed by atoms with E-state index in [-0.39, 0.29) is 34.9 Å². The van der Waals surface area contributed by atoms with Gasteiger partial charge in [-0.1, -0.05) is 44.2 Å². The van der Waals surface area contributed by atoms with Crippen LogP contribution in [-0.4, -0.2) is 48.3 Å². The molecule has 2 aromatic carbocycles. The molecular formula is C23H24N2O5. The second-order valence-corrected chi connectivity index (χ2v) is 7.61. The molecule has 0 aliphatic carbocycles. The van der Waals surface area contributed by atoms with Crippen LogP contribution >= 0.6 is 0 Å². The van der Waals surface area contributed by atoms with Crippen LogP contribution in [0, 0.1) is 5.92 Å². The van der Waals surface area contributed by atoms with E-state index in [1.165, 1.54) is 30.2 Å². The van der Waals surface area contributed by atoms with Gasteiger partial charge in [0.15, 0.2) is 0 Å². The Kier molecular flexibility index (Phi) is 6.30. The normalized spacial score (nSPS) is 13.9. The molecule has 0 fully saturated rings. The van der Waals surface area contributed by atoms with Crippen LogP contribution < -0.4 is 5.32 Å². The number of nitrogens with zero attached hydrogens (tertiary/aromatic N) is 1. The summed E-state index contributed by atoms with van der Waals surface area (Å²) in [5, 5.41) is 2.67. The molecule has 7 heteroatoms. The van der Waals surface area contributed by atoms with Crippen LogP contribution in [-0.2, 0) is 16.0 Å². The van der Waals surface area contributed by atoms with Gasteiger partial charge in [0.25, 0.3) is 17.7 Å². The number of fused-ring (bicyclic) bond motifs is 1. The van der Waals surface area contributed by atoms with E-state index < -0.39 is 23.8 Å². The highest BCUT2D eigenvalue weighted by atomic mass is 16.5. The van der Waals surface area contributed by atoms with Gasteiger partial charge < -0.3 is 10.1 Å². The summed E-state index contributed by atoms with van der Waals surface area (Å²) in [4.78, 5) is 51.3. The van der Waals surface area contributed by atoms with Crippen LogP contribution in [0.1, 0.15) is 50.5 Å². The summed E-state index contributed by atoms with van der Waals surface area (Å²) in [6, 6.07) is 12.7. The summed E-state index contributed by atoms with van der Waals surface area (Å²) >= 11 is 0. The molecule has 1 atom stereocenters. The van der Waals surface area contributed by atoms with Crippen molar-refractivity contribution in [2.24, 2.45) is 5.92 Å². The molecule has 3 amide bonds. The summed E-state index contributed by atoms with van der Waals surface area (Å²) in [6.07, 6.45) is 0.268. The minimum Gasteiger partial charge on any atom is -0.467 e. The third kappa shape index (κ3) is 4.40. The van der Waals surface area contributed by atoms with Crippen molar-refractivity contribution < 1.29 is 23.9 Å². The monoisotopic (exact) mass is 408 g/mol. The Labute approximate surface area is 175 Å². The van der Waals surface area contributed by atoms with Crippen LogP contribution in [0.4, 0.5) is 0 Å². The first kappa shape index (κ1) is 21.2. The molecule has 2 aromatic rings. The third-order valence-corrected chi connectivity index (χ3v) is 4.85. The minimum absolute atomic E-state index is 0.133. The van der Waals surface area contributed by atoms with Gasteiger partial charge in [0.05, 0.1) is 18.2 Å². The first-order chi connectivity index (χ1) is 14.3. The molecule has 0 aromatic heterocycles. The second-order valence-electron chi connectivity index (χ2n) is 7.61. The molecule has 0 unspecified atom stereocenters. The van der Waals surface area contributed by atoms with E-state index in [2.05, 4.69) is 5.32 Å². The van der Waals surface area contributed by atoms with Crippen molar-refractivity contribution in [3.63, 3.8) is 0 Å². The summed E-state index contributed by atoms with van der Waals surface area (Å²) in [6.45, 7) is 4.15. The van der Waals surface area contributed by atoms with E-state index in [1.54, 1.807) is 0 Å². The Balaban J connectivity index is 1.80. The number of ether oxygens (including phenoxy) is 1. The molecule has 0 spiro atoms. The van der Waals surface area contributed by atoms with Crippen molar-refractivity contribution in [3.05, 3.63) is 70.8 Å². The van der Waals surface area contributed by atoms with Gasteiger partial charge in [-0.25, -0.2) is 4.79 Å². The number of rotatable bonds is 7. The second kappa shape index (κ2) is 8.90. The van der Waals surface area contributed by atoms with Gasteiger partial charge in [0, 0.05) is 18.5 Å². The zero-order valence-electron chi connectivity index (χ0n) is 17.2. The van der Waals surface area contributed by atoms with Crippen molar-refractivity contribution in [3.8, 4) is 0 Å². The van der Waals surface area contributed by atoms with E-state index in [4.69, 9.17) is 4.74 Å². The maximum Gasteiger partial charge on any atom is 0.328 e. The van der Waals surface area contributed by atoms with Crippen LogP contribution in [0.15, 0.2) is 48.5 Å². The minimum atomic E-state index is -0.882. The molecule has 0 saturated heterocycles. The number of benzene rings is 2. The molecule has 30 heavy (non-hydrogen) atoms. The van der Waals surface area contributed by atoms with Gasteiger partial charge in [-0.15, -0.1) is 0 Å². The van der Waals surface area contributed by atoms with E-state index >= 15 is 0 Å². The SMILES string of the molecule is COC(=O)[C@H](Cc1ccccc1)NC(=O)c1ccc2c(c1)C(=O)N(CC(C)C)C2=O. The van der Waals surface area contributed by atoms with Gasteiger partial charge in [0.2, 0.25) is 0 Å². The number of hydrogen-bond donors (Lipinski definition) is 1. The van der Waals surface area contributed by atoms with Crippen LogP contribution in [0.25, 0.3) is 0 Å². The number of carbonyl (C=O) groups excluding carboxylic acids is 4. The van der Waals surface area contributed by atoms with E-state index in [0.29, 0.717) is 6.54 Å². The largest absolute Gasteiger partial charge is 0.467 e. The van der Waals surface area contributed by atoms with E-state index in [9.17, 15) is 19.2 Å². The lowest BCUT2D eigenvalue weighted by atomic mass is 10.0. The Bertz CT molecular complexity index is 984. The molecule has 1 N–H and O–H groups in total. The number of amides is 3. The van der Waals surface area contributed by atoms with Gasteiger partial charge >= 0.3 is 5.97 Å². The van der Waals surface area contributed by atoms with Crippen LogP contribution in [0.5, 0.6) is 0 Å². The molecule has 156 valence electrons. The average molecular weight is 408 g/mol. The molecule has 0 bridgehead atoms. The number of esters is 1. The van der Waals surface area contributed by atoms with Crippen LogP contribution in [0.3, 0.4) is 0 Å². The number of nitrogens with one attached hydrogen (secondary N) is 1. The Hall–Kier alpha value is -3.48. The van der Waals surface area contributed by atoms with Gasteiger partial charge in [-0.2, -0.15) is 0 Å². The fourth-order valence-corrected chi connectivity index (χ4v) is 3.39. The Morgan fingerprint density at radius 3 is 2.30 bits per heavy atom. The first-order valence-corrected chi connectivity index (χ1v) is 9.74. The predicted octanol–water partition coefficient (Wildman–Crippen LogP) is 2.45. The summed E-state index contributed by atoms with van der Waals surface area (Å²) in [5.74, 6) is -1.72. The van der Waals surface area contributed by atoms with Crippen molar-refractivity contribution in [2.45, 2.75) is 26.3 Å². The number of imide groups is 1. The van der Waals surface area contributed by atoms with Crippen LogP contribution in [0.2, 0.25) is 0 Å². The Morgan fingerprint density at radius 2 is 1.67 bits per heavy atom. The topological polar surface area (TPSA) is 92.8 Å². The lowest BCUT2D eigenvalue weighted by Gasteiger charge is -2.17. The summed E-state index contributed by atoms with van der Waals surface area (Å²) in [5.41, 5.74) is 1.55. The van der Waals surface area contributed by atoms with Gasteiger partial charge in [-0.3, -0.25) is 19.3 Å². The Morgan fingerprint density at radius 1 is 1.00 bits per heavy atom. The lowest BCUT2D eigenvalue weighted by Crippen LogP contribution is -2.43. The van der Waals surface area contributed by atoms with Crippen molar-refractivity contribution in [1.82, 2.24) is 10.2 Å². The smallest absolute Gasteiger partial charge is 0.328 e. The molecule has 0 saturated carbocycles. The maximum absolute atomic E-state index is 12.8. The van der Waals surface area contributed by atoms with E-state index in [1.807, 2.05) is 44.2 Å². The lowest BCUT2D eigenvalue weighted by molar-refractivity contribution is -0.142. The highest BCUT2D eigenvalue weighted by molar-refractivity contribution is 6.22. The van der Waals surface area contributed by atoms with Gasteiger partial charge in [0.1, 0.15) is 6.04 Å². The highest BCUT2D eigenvalue weighted by Gasteiger charge is 2.36. The van der Waals surface area contributed by atoms with Crippen molar-refractivity contribution in [2.75, 3.05) is 13.7 Å².